The topological polar surface area (TPSA) is 100 Å². The number of aromatic nitrogens is 3. The average Bonchev–Trinajstić information content (AvgIpc) is 3.22. The van der Waals surface area contributed by atoms with Gasteiger partial charge in [-0.2, -0.15) is 0 Å². The quantitative estimate of drug-likeness (QED) is 0.684. The number of benzene rings is 1. The van der Waals surface area contributed by atoms with E-state index in [1.807, 2.05) is 12.1 Å². The van der Waals surface area contributed by atoms with Gasteiger partial charge in [0, 0.05) is 31.1 Å². The number of methoxy groups -OCH3 is 1. The van der Waals surface area contributed by atoms with Gasteiger partial charge in [0.2, 0.25) is 0 Å². The first kappa shape index (κ1) is 17.7. The Bertz CT molecular complexity index is 1000. The zero-order valence-corrected chi connectivity index (χ0v) is 15.3. The van der Waals surface area contributed by atoms with Crippen LogP contribution in [0, 0.1) is 0 Å². The number of rotatable bonds is 3. The van der Waals surface area contributed by atoms with Crippen LogP contribution in [0.2, 0.25) is 0 Å². The number of carbonyl (C=O) groups excluding carboxylic acids is 2. The first-order valence-corrected chi connectivity index (χ1v) is 8.86. The molecule has 1 atom stereocenters. The number of anilines is 1. The monoisotopic (exact) mass is 377 g/mol. The molecule has 2 amide bonds. The number of nitrogens with zero attached hydrogens (tertiary/aromatic N) is 3. The summed E-state index contributed by atoms with van der Waals surface area (Å²) in [7, 11) is 1.31. The van der Waals surface area contributed by atoms with Crippen molar-refractivity contribution >= 4 is 17.7 Å². The highest BCUT2D eigenvalue weighted by Crippen LogP contribution is 2.33. The number of amides is 2. The van der Waals surface area contributed by atoms with E-state index in [9.17, 15) is 9.59 Å². The normalized spacial score (nSPS) is 15.6. The maximum atomic E-state index is 13.2. The van der Waals surface area contributed by atoms with E-state index in [1.54, 1.807) is 47.9 Å². The Morgan fingerprint density at radius 3 is 2.79 bits per heavy atom. The lowest BCUT2D eigenvalue weighted by Crippen LogP contribution is -2.43. The van der Waals surface area contributed by atoms with Crippen molar-refractivity contribution in [2.75, 3.05) is 19.0 Å². The van der Waals surface area contributed by atoms with Gasteiger partial charge in [-0.05, 0) is 29.8 Å². The highest BCUT2D eigenvalue weighted by molar-refractivity contribution is 6.01. The maximum absolute atomic E-state index is 13.2. The van der Waals surface area contributed by atoms with E-state index in [4.69, 9.17) is 4.74 Å². The molecule has 0 spiro atoms. The smallest absolute Gasteiger partial charge is 0.339 e. The molecule has 2 aromatic heterocycles. The van der Waals surface area contributed by atoms with Crippen molar-refractivity contribution in [3.8, 4) is 0 Å². The first-order valence-electron chi connectivity index (χ1n) is 8.86. The molecule has 0 aliphatic carbocycles. The summed E-state index contributed by atoms with van der Waals surface area (Å²) in [5, 5.41) is 2.85. The number of ether oxygens (including phenoxy) is 1. The standard InChI is InChI=1S/C20H19N5O3/c1-28-19(26)14-4-2-3-5-15(14)24-20(27)25-11-8-16-17(23-12-22-16)18(25)13-6-9-21-10-7-13/h2-7,9-10,12,18H,8,11H2,1H3,(H,22,23)(H,24,27)/t18-/m1/s1. The second-order valence-corrected chi connectivity index (χ2v) is 6.36. The largest absolute Gasteiger partial charge is 0.465 e. The van der Waals surface area contributed by atoms with Gasteiger partial charge in [0.1, 0.15) is 6.04 Å². The predicted octanol–water partition coefficient (Wildman–Crippen LogP) is 2.77. The summed E-state index contributed by atoms with van der Waals surface area (Å²) in [5.41, 5.74) is 3.45. The van der Waals surface area contributed by atoms with Crippen LogP contribution >= 0.6 is 0 Å². The molecule has 3 aromatic rings. The number of hydrogen-bond donors (Lipinski definition) is 2. The molecule has 8 heteroatoms. The summed E-state index contributed by atoms with van der Waals surface area (Å²) in [6, 6.07) is 9.85. The summed E-state index contributed by atoms with van der Waals surface area (Å²) in [5.74, 6) is -0.505. The molecule has 0 unspecified atom stereocenters. The van der Waals surface area contributed by atoms with Crippen molar-refractivity contribution in [3.63, 3.8) is 0 Å². The fraction of sp³-hybridized carbons (Fsp3) is 0.200. The summed E-state index contributed by atoms with van der Waals surface area (Å²) < 4.78 is 4.81. The molecule has 1 aliphatic rings. The predicted molar refractivity (Wildman–Crippen MR) is 102 cm³/mol. The summed E-state index contributed by atoms with van der Waals surface area (Å²) in [6.45, 7) is 0.508. The van der Waals surface area contributed by atoms with Crippen LogP contribution in [0.1, 0.15) is 33.4 Å². The number of esters is 1. The maximum Gasteiger partial charge on any atom is 0.339 e. The van der Waals surface area contributed by atoms with Gasteiger partial charge in [-0.25, -0.2) is 14.6 Å². The van der Waals surface area contributed by atoms with Crippen LogP contribution in [0.3, 0.4) is 0 Å². The van der Waals surface area contributed by atoms with Gasteiger partial charge in [0.05, 0.1) is 30.4 Å². The van der Waals surface area contributed by atoms with E-state index >= 15 is 0 Å². The second kappa shape index (κ2) is 7.51. The van der Waals surface area contributed by atoms with Crippen LogP contribution in [-0.4, -0.2) is 45.5 Å². The van der Waals surface area contributed by atoms with Crippen molar-refractivity contribution in [1.82, 2.24) is 19.9 Å². The molecule has 0 radical (unpaired) electrons. The average molecular weight is 377 g/mol. The number of nitrogens with one attached hydrogen (secondary N) is 2. The molecule has 142 valence electrons. The van der Waals surface area contributed by atoms with Crippen LogP contribution in [-0.2, 0) is 11.2 Å². The molecule has 28 heavy (non-hydrogen) atoms. The van der Waals surface area contributed by atoms with E-state index < -0.39 is 5.97 Å². The Kier molecular flexibility index (Phi) is 4.76. The van der Waals surface area contributed by atoms with Gasteiger partial charge in [0.25, 0.3) is 0 Å². The molecular formula is C20H19N5O3. The second-order valence-electron chi connectivity index (χ2n) is 6.36. The minimum Gasteiger partial charge on any atom is -0.465 e. The summed E-state index contributed by atoms with van der Waals surface area (Å²) in [4.78, 5) is 38.5. The van der Waals surface area contributed by atoms with Crippen LogP contribution in [0.15, 0.2) is 55.1 Å². The highest BCUT2D eigenvalue weighted by Gasteiger charge is 2.34. The lowest BCUT2D eigenvalue weighted by atomic mass is 9.97. The SMILES string of the molecule is COC(=O)c1ccccc1NC(=O)N1CCc2[nH]cnc2[C@H]1c1ccncc1. The molecule has 1 aliphatic heterocycles. The lowest BCUT2D eigenvalue weighted by Gasteiger charge is -2.35. The van der Waals surface area contributed by atoms with E-state index in [1.165, 1.54) is 7.11 Å². The van der Waals surface area contributed by atoms with Crippen molar-refractivity contribution in [2.45, 2.75) is 12.5 Å². The van der Waals surface area contributed by atoms with Crippen molar-refractivity contribution < 1.29 is 14.3 Å². The van der Waals surface area contributed by atoms with Crippen LogP contribution in [0.5, 0.6) is 0 Å². The van der Waals surface area contributed by atoms with Crippen LogP contribution < -0.4 is 5.32 Å². The van der Waals surface area contributed by atoms with Gasteiger partial charge in [0.15, 0.2) is 0 Å². The third-order valence-electron chi connectivity index (χ3n) is 4.78. The van der Waals surface area contributed by atoms with E-state index in [0.29, 0.717) is 24.2 Å². The first-order chi connectivity index (χ1) is 13.7. The molecule has 0 bridgehead atoms. The number of aromatic amines is 1. The van der Waals surface area contributed by atoms with Crippen molar-refractivity contribution in [3.05, 3.63) is 77.6 Å². The molecule has 1 aromatic carbocycles. The summed E-state index contributed by atoms with van der Waals surface area (Å²) >= 11 is 0. The molecule has 2 N–H and O–H groups in total. The minimum atomic E-state index is -0.505. The van der Waals surface area contributed by atoms with Crippen LogP contribution in [0.25, 0.3) is 0 Å². The number of urea groups is 1. The minimum absolute atomic E-state index is 0.302. The number of fused-ring (bicyclic) bond motifs is 1. The number of imidazole rings is 1. The third-order valence-corrected chi connectivity index (χ3v) is 4.78. The Labute approximate surface area is 161 Å². The fourth-order valence-electron chi connectivity index (χ4n) is 3.45. The number of carbonyl (C=O) groups is 2. The Hall–Kier alpha value is -3.68. The fourth-order valence-corrected chi connectivity index (χ4v) is 3.45. The van der Waals surface area contributed by atoms with E-state index in [2.05, 4.69) is 20.3 Å². The molecular weight excluding hydrogens is 358 g/mol. The third kappa shape index (κ3) is 3.20. The number of H-pyrrole nitrogens is 1. The molecule has 0 saturated carbocycles. The number of hydrogen-bond acceptors (Lipinski definition) is 5. The molecule has 3 heterocycles. The Morgan fingerprint density at radius 1 is 1.21 bits per heavy atom. The number of para-hydroxylation sites is 1. The zero-order chi connectivity index (χ0) is 19.5. The molecule has 0 saturated heterocycles. The van der Waals surface area contributed by atoms with Gasteiger partial charge in [-0.15, -0.1) is 0 Å². The zero-order valence-electron chi connectivity index (χ0n) is 15.3. The van der Waals surface area contributed by atoms with Gasteiger partial charge in [-0.3, -0.25) is 4.98 Å². The molecule has 4 rings (SSSR count). The van der Waals surface area contributed by atoms with Gasteiger partial charge in [-0.1, -0.05) is 12.1 Å². The van der Waals surface area contributed by atoms with Crippen LogP contribution in [0.4, 0.5) is 10.5 Å². The Balaban J connectivity index is 1.67. The summed E-state index contributed by atoms with van der Waals surface area (Å²) in [6.07, 6.45) is 5.70. The van der Waals surface area contributed by atoms with Gasteiger partial charge < -0.3 is 19.9 Å². The van der Waals surface area contributed by atoms with Crippen molar-refractivity contribution in [2.24, 2.45) is 0 Å². The lowest BCUT2D eigenvalue weighted by molar-refractivity contribution is 0.0602. The van der Waals surface area contributed by atoms with Crippen molar-refractivity contribution in [1.29, 1.82) is 0 Å². The molecule has 8 nitrogen and oxygen atoms in total. The van der Waals surface area contributed by atoms with E-state index in [0.717, 1.165) is 17.0 Å². The number of pyridine rings is 1. The van der Waals surface area contributed by atoms with Gasteiger partial charge >= 0.3 is 12.0 Å². The molecule has 0 fully saturated rings. The van der Waals surface area contributed by atoms with E-state index in [-0.39, 0.29) is 12.1 Å². The highest BCUT2D eigenvalue weighted by atomic mass is 16.5. The Morgan fingerprint density at radius 2 is 2.00 bits per heavy atom.